The first-order chi connectivity index (χ1) is 3.41. The first-order valence-electron chi connectivity index (χ1n) is 2.75. The summed E-state index contributed by atoms with van der Waals surface area (Å²) in [6.07, 6.45) is 4.08. The largest absolute Gasteiger partial charge is 0.274 e. The van der Waals surface area contributed by atoms with E-state index >= 15 is 0 Å². The summed E-state index contributed by atoms with van der Waals surface area (Å²) in [5, 5.41) is 0. The number of hydrazine groups is 1. The van der Waals surface area contributed by atoms with Gasteiger partial charge in [0, 0.05) is 0 Å². The van der Waals surface area contributed by atoms with Crippen molar-refractivity contribution in [3.05, 3.63) is 0 Å². The van der Waals surface area contributed by atoms with Gasteiger partial charge in [-0.2, -0.15) is 0 Å². The minimum Gasteiger partial charge on any atom is -0.274 e. The predicted molar refractivity (Wildman–Crippen MR) is 33.6 cm³/mol. The second kappa shape index (κ2) is 16.8. The Morgan fingerprint density at radius 1 is 1.00 bits per heavy atom. The van der Waals surface area contributed by atoms with Crippen LogP contribution in [0.15, 0.2) is 0 Å². The lowest BCUT2D eigenvalue weighted by Gasteiger charge is -1.79. The molecule has 46 valence electrons. The zero-order chi connectivity index (χ0) is 6.12. The smallest absolute Gasteiger partial charge is 0.0538 e. The van der Waals surface area contributed by atoms with Crippen LogP contribution in [-0.2, 0) is 0 Å². The molecule has 0 aromatic rings. The van der Waals surface area contributed by atoms with Gasteiger partial charge in [0.05, 0.1) is 0 Å². The maximum atomic E-state index is 4.00. The van der Waals surface area contributed by atoms with Crippen molar-refractivity contribution in [1.29, 1.82) is 0 Å². The van der Waals surface area contributed by atoms with Crippen molar-refractivity contribution in [3.8, 4) is 0 Å². The lowest BCUT2D eigenvalue weighted by Crippen LogP contribution is -2.02. The molecule has 0 heterocycles. The van der Waals surface area contributed by atoms with Crippen molar-refractivity contribution in [2.24, 2.45) is 11.7 Å². The number of hydrogen-bond donors (Lipinski definition) is 2. The van der Waals surface area contributed by atoms with Crippen molar-refractivity contribution >= 4 is 0 Å². The molecular weight excluding hydrogens is 88.1 g/mol. The highest BCUT2D eigenvalue weighted by molar-refractivity contribution is 4.24. The molecule has 0 saturated carbocycles. The number of hydrogen-bond acceptors (Lipinski definition) is 2. The third-order valence-corrected chi connectivity index (χ3v) is 0.707. The quantitative estimate of drug-likeness (QED) is 0.406. The molecule has 0 radical (unpaired) electrons. The maximum Gasteiger partial charge on any atom is -0.0538 e. The average Bonchev–Trinajstić information content (AvgIpc) is 1.75. The third-order valence-electron chi connectivity index (χ3n) is 0.707. The van der Waals surface area contributed by atoms with E-state index < -0.39 is 0 Å². The SMILES string of the molecule is CCCCC.NN. The monoisotopic (exact) mass is 104 g/mol. The molecule has 0 rings (SSSR count). The van der Waals surface area contributed by atoms with E-state index in [2.05, 4.69) is 25.5 Å². The van der Waals surface area contributed by atoms with Crippen LogP contribution >= 0.6 is 0 Å². The summed E-state index contributed by atoms with van der Waals surface area (Å²) in [6.45, 7) is 4.42. The van der Waals surface area contributed by atoms with Gasteiger partial charge >= 0.3 is 0 Å². The molecule has 0 amide bonds. The lowest BCUT2D eigenvalue weighted by atomic mass is 10.3. The van der Waals surface area contributed by atoms with Crippen molar-refractivity contribution in [2.75, 3.05) is 0 Å². The second-order valence-electron chi connectivity index (χ2n) is 1.35. The fourth-order valence-electron chi connectivity index (χ4n) is 0.354. The molecule has 0 aliphatic heterocycles. The summed E-state index contributed by atoms with van der Waals surface area (Å²) in [5.41, 5.74) is 0. The molecule has 2 nitrogen and oxygen atoms in total. The van der Waals surface area contributed by atoms with Crippen LogP contribution in [0.25, 0.3) is 0 Å². The molecule has 0 aromatic carbocycles. The van der Waals surface area contributed by atoms with E-state index in [1.807, 2.05) is 0 Å². The first-order valence-corrected chi connectivity index (χ1v) is 2.75. The van der Waals surface area contributed by atoms with E-state index in [4.69, 9.17) is 0 Å². The van der Waals surface area contributed by atoms with Gasteiger partial charge in [-0.3, -0.25) is 11.7 Å². The van der Waals surface area contributed by atoms with Gasteiger partial charge in [0.2, 0.25) is 0 Å². The molecule has 2 heteroatoms. The maximum absolute atomic E-state index is 4.00. The third kappa shape index (κ3) is 24.7. The van der Waals surface area contributed by atoms with Gasteiger partial charge in [0.25, 0.3) is 0 Å². The van der Waals surface area contributed by atoms with Crippen LogP contribution in [0.1, 0.15) is 33.1 Å². The molecule has 0 aliphatic rings. The topological polar surface area (TPSA) is 52.0 Å². The van der Waals surface area contributed by atoms with Crippen LogP contribution in [0.5, 0.6) is 0 Å². The van der Waals surface area contributed by atoms with E-state index in [0.29, 0.717) is 0 Å². The Bertz CT molecular complexity index is 13.6. The van der Waals surface area contributed by atoms with E-state index in [1.54, 1.807) is 0 Å². The molecular formula is C5H16N2. The molecule has 0 atom stereocenters. The van der Waals surface area contributed by atoms with Gasteiger partial charge in [0.15, 0.2) is 0 Å². The molecule has 0 spiro atoms. The predicted octanol–water partition coefficient (Wildman–Crippen LogP) is 1.02. The molecule has 0 saturated heterocycles. The number of nitrogens with two attached hydrogens (primary N) is 2. The standard InChI is InChI=1S/C5H12.H4N2/c1-3-5-4-2;1-2/h3-5H2,1-2H3;1-2H2. The molecule has 7 heavy (non-hydrogen) atoms. The molecule has 0 aliphatic carbocycles. The molecule has 0 bridgehead atoms. The van der Waals surface area contributed by atoms with Gasteiger partial charge < -0.3 is 0 Å². The van der Waals surface area contributed by atoms with Crippen LogP contribution in [0.2, 0.25) is 0 Å². The van der Waals surface area contributed by atoms with Gasteiger partial charge in [-0.05, 0) is 0 Å². The number of rotatable bonds is 2. The minimum absolute atomic E-state index is 1.34. The fraction of sp³-hybridized carbons (Fsp3) is 1.00. The Morgan fingerprint density at radius 3 is 1.29 bits per heavy atom. The van der Waals surface area contributed by atoms with Crippen molar-refractivity contribution < 1.29 is 0 Å². The van der Waals surface area contributed by atoms with E-state index in [0.717, 1.165) is 0 Å². The van der Waals surface area contributed by atoms with Crippen molar-refractivity contribution in [1.82, 2.24) is 0 Å². The van der Waals surface area contributed by atoms with Crippen LogP contribution in [0, 0.1) is 0 Å². The van der Waals surface area contributed by atoms with E-state index in [9.17, 15) is 0 Å². The minimum atomic E-state index is 1.34. The van der Waals surface area contributed by atoms with E-state index in [1.165, 1.54) is 19.3 Å². The molecule has 4 N–H and O–H groups in total. The second-order valence-corrected chi connectivity index (χ2v) is 1.35. The normalized spacial score (nSPS) is 6.86. The summed E-state index contributed by atoms with van der Waals surface area (Å²) in [7, 11) is 0. The first kappa shape index (κ1) is 10.0. The van der Waals surface area contributed by atoms with Crippen molar-refractivity contribution in [3.63, 3.8) is 0 Å². The summed E-state index contributed by atoms with van der Waals surface area (Å²) in [4.78, 5) is 0. The summed E-state index contributed by atoms with van der Waals surface area (Å²) >= 11 is 0. The Labute approximate surface area is 45.9 Å². The van der Waals surface area contributed by atoms with Crippen LogP contribution < -0.4 is 11.7 Å². The molecule has 0 fully saturated rings. The summed E-state index contributed by atoms with van der Waals surface area (Å²) in [6, 6.07) is 0. The Morgan fingerprint density at radius 2 is 1.29 bits per heavy atom. The van der Waals surface area contributed by atoms with Gasteiger partial charge in [-0.15, -0.1) is 0 Å². The van der Waals surface area contributed by atoms with E-state index in [-0.39, 0.29) is 0 Å². The van der Waals surface area contributed by atoms with Crippen molar-refractivity contribution in [2.45, 2.75) is 33.1 Å². The fourth-order valence-corrected chi connectivity index (χ4v) is 0.354. The van der Waals surface area contributed by atoms with Gasteiger partial charge in [-0.1, -0.05) is 33.1 Å². The van der Waals surface area contributed by atoms with Gasteiger partial charge in [-0.25, -0.2) is 0 Å². The Kier molecular flexibility index (Phi) is 24.1. The highest BCUT2D eigenvalue weighted by Crippen LogP contribution is 1.88. The van der Waals surface area contributed by atoms with Gasteiger partial charge in [0.1, 0.15) is 0 Å². The highest BCUT2D eigenvalue weighted by Gasteiger charge is 1.68. The van der Waals surface area contributed by atoms with Crippen LogP contribution in [0.3, 0.4) is 0 Å². The zero-order valence-electron chi connectivity index (χ0n) is 5.28. The molecule has 0 aromatic heterocycles. The van der Waals surface area contributed by atoms with Crippen LogP contribution in [-0.4, -0.2) is 0 Å². The average molecular weight is 104 g/mol. The zero-order valence-corrected chi connectivity index (χ0v) is 5.28. The Balaban J connectivity index is 0. The summed E-state index contributed by atoms with van der Waals surface area (Å²) in [5.74, 6) is 8.00. The highest BCUT2D eigenvalue weighted by atomic mass is 15.0. The summed E-state index contributed by atoms with van der Waals surface area (Å²) < 4.78 is 0. The number of unbranched alkanes of at least 4 members (excludes halogenated alkanes) is 2. The van der Waals surface area contributed by atoms with Crippen LogP contribution in [0.4, 0.5) is 0 Å². The molecule has 0 unspecified atom stereocenters. The lowest BCUT2D eigenvalue weighted by molar-refractivity contribution is 0.772. The Hall–Kier alpha value is -0.0800.